The lowest BCUT2D eigenvalue weighted by atomic mass is 10.1. The summed E-state index contributed by atoms with van der Waals surface area (Å²) in [6.07, 6.45) is 2.46. The molecule has 0 amide bonds. The van der Waals surface area contributed by atoms with E-state index in [1.165, 1.54) is 12.8 Å². The van der Waals surface area contributed by atoms with Gasteiger partial charge in [0.05, 0.1) is 6.04 Å². The Bertz CT molecular complexity index is 286. The number of piperidine rings is 1. The van der Waals surface area contributed by atoms with Gasteiger partial charge in [0.2, 0.25) is 0 Å². The lowest BCUT2D eigenvalue weighted by molar-refractivity contribution is 0.340. The van der Waals surface area contributed by atoms with Gasteiger partial charge < -0.3 is 5.32 Å². The Balaban J connectivity index is 2.18. The van der Waals surface area contributed by atoms with Crippen molar-refractivity contribution in [3.8, 4) is 0 Å². The summed E-state index contributed by atoms with van der Waals surface area (Å²) < 4.78 is 2.06. The zero-order valence-corrected chi connectivity index (χ0v) is 8.25. The molecule has 1 aromatic heterocycles. The third-order valence-electron chi connectivity index (χ3n) is 2.52. The first-order chi connectivity index (χ1) is 6.27. The van der Waals surface area contributed by atoms with E-state index < -0.39 is 0 Å². The topological polar surface area (TPSA) is 42.7 Å². The van der Waals surface area contributed by atoms with Crippen molar-refractivity contribution in [2.45, 2.75) is 32.7 Å². The number of hydrogen-bond acceptors (Lipinski definition) is 3. The molecule has 1 aliphatic heterocycles. The van der Waals surface area contributed by atoms with Gasteiger partial charge in [-0.25, -0.2) is 9.67 Å². The Kier molecular flexibility index (Phi) is 2.31. The molecule has 0 radical (unpaired) electrons. The summed E-state index contributed by atoms with van der Waals surface area (Å²) >= 11 is 0. The molecule has 2 heterocycles. The van der Waals surface area contributed by atoms with E-state index in [1.807, 2.05) is 13.8 Å². The molecule has 1 aliphatic rings. The van der Waals surface area contributed by atoms with Crippen molar-refractivity contribution in [3.63, 3.8) is 0 Å². The normalized spacial score (nSPS) is 23.4. The van der Waals surface area contributed by atoms with Crippen molar-refractivity contribution in [1.29, 1.82) is 0 Å². The zero-order valence-electron chi connectivity index (χ0n) is 8.25. The van der Waals surface area contributed by atoms with E-state index >= 15 is 0 Å². The van der Waals surface area contributed by atoms with Gasteiger partial charge in [0.1, 0.15) is 11.6 Å². The highest BCUT2D eigenvalue weighted by Gasteiger charge is 2.17. The second-order valence-electron chi connectivity index (χ2n) is 3.65. The lowest BCUT2D eigenvalue weighted by Crippen LogP contribution is -2.32. The summed E-state index contributed by atoms with van der Waals surface area (Å²) in [6, 6.07) is 0.509. The Labute approximate surface area is 78.4 Å². The van der Waals surface area contributed by atoms with Crippen molar-refractivity contribution in [3.05, 3.63) is 11.6 Å². The molecule has 72 valence electrons. The smallest absolute Gasteiger partial charge is 0.147 e. The fraction of sp³-hybridized carbons (Fsp3) is 0.778. The molecule has 1 atom stereocenters. The monoisotopic (exact) mass is 180 g/mol. The Morgan fingerprint density at radius 3 is 2.85 bits per heavy atom. The first-order valence-corrected chi connectivity index (χ1v) is 4.88. The second kappa shape index (κ2) is 3.46. The van der Waals surface area contributed by atoms with Crippen molar-refractivity contribution in [2.24, 2.45) is 0 Å². The Morgan fingerprint density at radius 2 is 2.31 bits per heavy atom. The number of nitrogens with one attached hydrogen (secondary N) is 1. The third-order valence-corrected chi connectivity index (χ3v) is 2.52. The lowest BCUT2D eigenvalue weighted by Gasteiger charge is -2.23. The number of aromatic nitrogens is 3. The molecule has 0 unspecified atom stereocenters. The fourth-order valence-corrected chi connectivity index (χ4v) is 1.92. The van der Waals surface area contributed by atoms with E-state index in [4.69, 9.17) is 0 Å². The molecule has 1 saturated heterocycles. The van der Waals surface area contributed by atoms with Crippen LogP contribution in [0.2, 0.25) is 0 Å². The molecule has 1 N–H and O–H groups in total. The highest BCUT2D eigenvalue weighted by Crippen LogP contribution is 2.16. The van der Waals surface area contributed by atoms with E-state index in [0.717, 1.165) is 24.7 Å². The molecule has 13 heavy (non-hydrogen) atoms. The molecular formula is C9H16N4. The molecule has 0 bridgehead atoms. The van der Waals surface area contributed by atoms with Crippen LogP contribution in [0.25, 0.3) is 0 Å². The fourth-order valence-electron chi connectivity index (χ4n) is 1.92. The minimum atomic E-state index is 0.509. The quantitative estimate of drug-likeness (QED) is 0.695. The van der Waals surface area contributed by atoms with Crippen LogP contribution in [0.3, 0.4) is 0 Å². The number of rotatable bonds is 1. The van der Waals surface area contributed by atoms with Gasteiger partial charge in [0, 0.05) is 6.54 Å². The Hall–Kier alpha value is -0.900. The third kappa shape index (κ3) is 1.72. The molecule has 1 fully saturated rings. The first-order valence-electron chi connectivity index (χ1n) is 4.88. The van der Waals surface area contributed by atoms with Crippen molar-refractivity contribution < 1.29 is 0 Å². The molecule has 4 heteroatoms. The molecule has 0 aliphatic carbocycles. The van der Waals surface area contributed by atoms with Gasteiger partial charge in [-0.2, -0.15) is 5.10 Å². The summed E-state index contributed by atoms with van der Waals surface area (Å²) in [5, 5.41) is 7.78. The maximum Gasteiger partial charge on any atom is 0.147 e. The minimum Gasteiger partial charge on any atom is -0.315 e. The predicted octanol–water partition coefficient (Wildman–Crippen LogP) is 0.819. The SMILES string of the molecule is Cc1nc(C)n([C@@H]2CCCNC2)n1. The minimum absolute atomic E-state index is 0.509. The predicted molar refractivity (Wildman–Crippen MR) is 50.6 cm³/mol. The largest absolute Gasteiger partial charge is 0.315 e. The summed E-state index contributed by atoms with van der Waals surface area (Å²) in [5.41, 5.74) is 0. The van der Waals surface area contributed by atoms with E-state index in [2.05, 4.69) is 20.1 Å². The molecule has 2 rings (SSSR count). The molecule has 0 spiro atoms. The summed E-state index contributed by atoms with van der Waals surface area (Å²) in [5.74, 6) is 1.91. The van der Waals surface area contributed by atoms with Crippen LogP contribution < -0.4 is 5.32 Å². The molecule has 0 saturated carbocycles. The summed E-state index contributed by atoms with van der Waals surface area (Å²) in [7, 11) is 0. The first kappa shape index (κ1) is 8.69. The summed E-state index contributed by atoms with van der Waals surface area (Å²) in [6.45, 7) is 6.14. The maximum atomic E-state index is 4.40. The van der Waals surface area contributed by atoms with Gasteiger partial charge in [0.25, 0.3) is 0 Å². The van der Waals surface area contributed by atoms with Crippen LogP contribution >= 0.6 is 0 Å². The highest BCUT2D eigenvalue weighted by atomic mass is 15.4. The van der Waals surface area contributed by atoms with Gasteiger partial charge in [-0.3, -0.25) is 0 Å². The number of nitrogens with zero attached hydrogens (tertiary/aromatic N) is 3. The van der Waals surface area contributed by atoms with Crippen LogP contribution in [0.4, 0.5) is 0 Å². The van der Waals surface area contributed by atoms with E-state index in [9.17, 15) is 0 Å². The highest BCUT2D eigenvalue weighted by molar-refractivity contribution is 4.91. The van der Waals surface area contributed by atoms with E-state index in [1.54, 1.807) is 0 Å². The van der Waals surface area contributed by atoms with Gasteiger partial charge in [-0.05, 0) is 33.2 Å². The average molecular weight is 180 g/mol. The number of aryl methyl sites for hydroxylation is 2. The van der Waals surface area contributed by atoms with Gasteiger partial charge >= 0.3 is 0 Å². The molecule has 1 aromatic rings. The molecular weight excluding hydrogens is 164 g/mol. The van der Waals surface area contributed by atoms with E-state index in [-0.39, 0.29) is 0 Å². The molecule has 0 aromatic carbocycles. The second-order valence-corrected chi connectivity index (χ2v) is 3.65. The van der Waals surface area contributed by atoms with Crippen LogP contribution in [0, 0.1) is 13.8 Å². The van der Waals surface area contributed by atoms with Crippen molar-refractivity contribution >= 4 is 0 Å². The zero-order chi connectivity index (χ0) is 9.26. The maximum absolute atomic E-state index is 4.40. The average Bonchev–Trinajstić information content (AvgIpc) is 2.47. The molecule has 4 nitrogen and oxygen atoms in total. The van der Waals surface area contributed by atoms with Crippen LogP contribution in [-0.4, -0.2) is 27.9 Å². The van der Waals surface area contributed by atoms with Gasteiger partial charge in [-0.15, -0.1) is 0 Å². The van der Waals surface area contributed by atoms with Crippen LogP contribution in [0.1, 0.15) is 30.5 Å². The van der Waals surface area contributed by atoms with Gasteiger partial charge in [-0.1, -0.05) is 0 Å². The standard InChI is InChI=1S/C9H16N4/c1-7-11-8(2)13(12-7)9-4-3-5-10-6-9/h9-10H,3-6H2,1-2H3/t9-/m1/s1. The van der Waals surface area contributed by atoms with E-state index in [0.29, 0.717) is 6.04 Å². The van der Waals surface area contributed by atoms with Crippen LogP contribution in [0.15, 0.2) is 0 Å². The van der Waals surface area contributed by atoms with Crippen LogP contribution in [-0.2, 0) is 0 Å². The van der Waals surface area contributed by atoms with Crippen molar-refractivity contribution in [1.82, 2.24) is 20.1 Å². The Morgan fingerprint density at radius 1 is 1.46 bits per heavy atom. The van der Waals surface area contributed by atoms with Crippen molar-refractivity contribution in [2.75, 3.05) is 13.1 Å². The van der Waals surface area contributed by atoms with Gasteiger partial charge in [0.15, 0.2) is 0 Å². The number of hydrogen-bond donors (Lipinski definition) is 1. The van der Waals surface area contributed by atoms with Crippen LogP contribution in [0.5, 0.6) is 0 Å². The summed E-state index contributed by atoms with van der Waals surface area (Å²) in [4.78, 5) is 4.31.